The Balaban J connectivity index is 2.08. The molecule has 1 aromatic rings. The van der Waals surface area contributed by atoms with Gasteiger partial charge in [0.1, 0.15) is 0 Å². The standard InChI is InChI=1S/C21H35N/c1-4-11-20(16-15-19(3)5-2)12-9-10-17-22-18-21-13-7-6-8-14-21/h4,6-8,13-14,19-20,22H,1,5,9-12,15-18H2,2-3H3. The molecule has 2 unspecified atom stereocenters. The van der Waals surface area contributed by atoms with Crippen LogP contribution in [0, 0.1) is 11.8 Å². The summed E-state index contributed by atoms with van der Waals surface area (Å²) in [5, 5.41) is 3.55. The van der Waals surface area contributed by atoms with Crippen LogP contribution >= 0.6 is 0 Å². The van der Waals surface area contributed by atoms with Crippen LogP contribution in [0.4, 0.5) is 0 Å². The molecule has 0 saturated carbocycles. The van der Waals surface area contributed by atoms with Gasteiger partial charge in [-0.2, -0.15) is 0 Å². The summed E-state index contributed by atoms with van der Waals surface area (Å²) in [6.45, 7) is 10.7. The van der Waals surface area contributed by atoms with Crippen molar-refractivity contribution in [1.82, 2.24) is 5.32 Å². The Morgan fingerprint density at radius 2 is 1.86 bits per heavy atom. The van der Waals surface area contributed by atoms with Crippen LogP contribution in [-0.2, 0) is 6.54 Å². The second kappa shape index (κ2) is 12.5. The molecule has 0 heterocycles. The van der Waals surface area contributed by atoms with Crippen LogP contribution < -0.4 is 5.32 Å². The molecule has 1 heteroatoms. The first kappa shape index (κ1) is 19.0. The zero-order valence-corrected chi connectivity index (χ0v) is 14.7. The predicted molar refractivity (Wildman–Crippen MR) is 99.0 cm³/mol. The summed E-state index contributed by atoms with van der Waals surface area (Å²) in [7, 11) is 0. The van der Waals surface area contributed by atoms with E-state index in [9.17, 15) is 0 Å². The first-order valence-electron chi connectivity index (χ1n) is 9.11. The van der Waals surface area contributed by atoms with E-state index in [1.165, 1.54) is 50.5 Å². The first-order valence-corrected chi connectivity index (χ1v) is 9.11. The van der Waals surface area contributed by atoms with E-state index in [-0.39, 0.29) is 0 Å². The van der Waals surface area contributed by atoms with Gasteiger partial charge in [0.2, 0.25) is 0 Å². The van der Waals surface area contributed by atoms with Gasteiger partial charge < -0.3 is 5.32 Å². The van der Waals surface area contributed by atoms with E-state index >= 15 is 0 Å². The van der Waals surface area contributed by atoms with Gasteiger partial charge in [-0.05, 0) is 43.2 Å². The van der Waals surface area contributed by atoms with Crippen molar-refractivity contribution in [3.63, 3.8) is 0 Å². The zero-order chi connectivity index (χ0) is 16.0. The third-order valence-electron chi connectivity index (χ3n) is 4.65. The van der Waals surface area contributed by atoms with Crippen molar-refractivity contribution in [2.75, 3.05) is 6.54 Å². The summed E-state index contributed by atoms with van der Waals surface area (Å²) in [6, 6.07) is 10.6. The second-order valence-electron chi connectivity index (χ2n) is 6.64. The maximum Gasteiger partial charge on any atom is 0.0205 e. The number of nitrogens with one attached hydrogen (secondary N) is 1. The summed E-state index contributed by atoms with van der Waals surface area (Å²) in [6.07, 6.45) is 11.3. The van der Waals surface area contributed by atoms with Crippen LogP contribution in [0.5, 0.6) is 0 Å². The van der Waals surface area contributed by atoms with E-state index < -0.39 is 0 Å². The average molecular weight is 302 g/mol. The zero-order valence-electron chi connectivity index (χ0n) is 14.7. The highest BCUT2D eigenvalue weighted by atomic mass is 14.8. The van der Waals surface area contributed by atoms with Gasteiger partial charge in [-0.3, -0.25) is 0 Å². The summed E-state index contributed by atoms with van der Waals surface area (Å²) >= 11 is 0. The van der Waals surface area contributed by atoms with E-state index in [0.29, 0.717) is 0 Å². The molecule has 124 valence electrons. The molecule has 1 nitrogen and oxygen atoms in total. The summed E-state index contributed by atoms with van der Waals surface area (Å²) in [4.78, 5) is 0. The molecule has 22 heavy (non-hydrogen) atoms. The van der Waals surface area contributed by atoms with Gasteiger partial charge in [0, 0.05) is 6.54 Å². The number of hydrogen-bond donors (Lipinski definition) is 1. The molecular formula is C21H35N. The minimum atomic E-state index is 0.848. The highest BCUT2D eigenvalue weighted by molar-refractivity contribution is 5.14. The lowest BCUT2D eigenvalue weighted by Crippen LogP contribution is -2.15. The fourth-order valence-corrected chi connectivity index (χ4v) is 2.85. The van der Waals surface area contributed by atoms with Gasteiger partial charge in [0.05, 0.1) is 0 Å². The van der Waals surface area contributed by atoms with Gasteiger partial charge in [-0.15, -0.1) is 6.58 Å². The van der Waals surface area contributed by atoms with Gasteiger partial charge >= 0.3 is 0 Å². The molecule has 1 rings (SSSR count). The molecule has 0 fully saturated rings. The molecule has 1 aromatic carbocycles. The average Bonchev–Trinajstić information content (AvgIpc) is 2.56. The lowest BCUT2D eigenvalue weighted by atomic mass is 9.89. The second-order valence-corrected chi connectivity index (χ2v) is 6.64. The number of allylic oxidation sites excluding steroid dienone is 1. The van der Waals surface area contributed by atoms with E-state index in [1.807, 2.05) is 0 Å². The lowest BCUT2D eigenvalue weighted by molar-refractivity contribution is 0.374. The van der Waals surface area contributed by atoms with Gasteiger partial charge in [0.25, 0.3) is 0 Å². The van der Waals surface area contributed by atoms with Crippen LogP contribution in [0.1, 0.15) is 64.4 Å². The van der Waals surface area contributed by atoms with Crippen molar-refractivity contribution in [2.24, 2.45) is 11.8 Å². The highest BCUT2D eigenvalue weighted by Crippen LogP contribution is 2.22. The SMILES string of the molecule is C=CCC(CCCCNCc1ccccc1)CCC(C)CC. The molecule has 0 aliphatic heterocycles. The molecule has 0 aliphatic carbocycles. The molecule has 0 spiro atoms. The van der Waals surface area contributed by atoms with E-state index in [2.05, 4.69) is 62.2 Å². The number of hydrogen-bond acceptors (Lipinski definition) is 1. The Morgan fingerprint density at radius 3 is 2.55 bits per heavy atom. The van der Waals surface area contributed by atoms with Crippen molar-refractivity contribution < 1.29 is 0 Å². The first-order chi connectivity index (χ1) is 10.8. The quantitative estimate of drug-likeness (QED) is 0.350. The molecule has 0 amide bonds. The summed E-state index contributed by atoms with van der Waals surface area (Å²) in [5.74, 6) is 1.72. The fraction of sp³-hybridized carbons (Fsp3) is 0.619. The van der Waals surface area contributed by atoms with Gasteiger partial charge in [-0.1, -0.05) is 75.9 Å². The van der Waals surface area contributed by atoms with Gasteiger partial charge in [0.15, 0.2) is 0 Å². The van der Waals surface area contributed by atoms with Crippen LogP contribution in [0.2, 0.25) is 0 Å². The summed E-state index contributed by atoms with van der Waals surface area (Å²) < 4.78 is 0. The number of rotatable bonds is 13. The monoisotopic (exact) mass is 301 g/mol. The molecule has 0 radical (unpaired) electrons. The largest absolute Gasteiger partial charge is 0.313 e. The molecular weight excluding hydrogens is 266 g/mol. The van der Waals surface area contributed by atoms with Crippen LogP contribution in [0.15, 0.2) is 43.0 Å². The Labute approximate surface area is 138 Å². The Morgan fingerprint density at radius 1 is 1.09 bits per heavy atom. The molecule has 0 saturated heterocycles. The third-order valence-corrected chi connectivity index (χ3v) is 4.65. The normalized spacial score (nSPS) is 13.7. The molecule has 0 aliphatic rings. The van der Waals surface area contributed by atoms with Crippen molar-refractivity contribution in [2.45, 2.75) is 65.3 Å². The van der Waals surface area contributed by atoms with Crippen molar-refractivity contribution in [3.05, 3.63) is 48.6 Å². The highest BCUT2D eigenvalue weighted by Gasteiger charge is 2.09. The fourth-order valence-electron chi connectivity index (χ4n) is 2.85. The maximum absolute atomic E-state index is 3.93. The number of unbranched alkanes of at least 4 members (excludes halogenated alkanes) is 1. The van der Waals surface area contributed by atoms with E-state index in [4.69, 9.17) is 0 Å². The molecule has 1 N–H and O–H groups in total. The molecule has 2 atom stereocenters. The summed E-state index contributed by atoms with van der Waals surface area (Å²) in [5.41, 5.74) is 1.38. The van der Waals surface area contributed by atoms with Crippen molar-refractivity contribution in [1.29, 1.82) is 0 Å². The smallest absolute Gasteiger partial charge is 0.0205 e. The van der Waals surface area contributed by atoms with Gasteiger partial charge in [-0.25, -0.2) is 0 Å². The van der Waals surface area contributed by atoms with E-state index in [0.717, 1.165) is 24.9 Å². The lowest BCUT2D eigenvalue weighted by Gasteiger charge is -2.17. The molecule has 0 aromatic heterocycles. The van der Waals surface area contributed by atoms with Crippen LogP contribution in [0.3, 0.4) is 0 Å². The number of benzene rings is 1. The van der Waals surface area contributed by atoms with Crippen molar-refractivity contribution in [3.8, 4) is 0 Å². The van der Waals surface area contributed by atoms with Crippen molar-refractivity contribution >= 4 is 0 Å². The van der Waals surface area contributed by atoms with E-state index in [1.54, 1.807) is 0 Å². The Kier molecular flexibility index (Phi) is 10.7. The predicted octanol–water partition coefficient (Wildman–Crippen LogP) is 5.97. The Hall–Kier alpha value is -1.08. The minimum absolute atomic E-state index is 0.848. The maximum atomic E-state index is 3.93. The Bertz CT molecular complexity index is 371. The molecule has 0 bridgehead atoms. The topological polar surface area (TPSA) is 12.0 Å². The minimum Gasteiger partial charge on any atom is -0.313 e. The van der Waals surface area contributed by atoms with Crippen LogP contribution in [-0.4, -0.2) is 6.54 Å². The third kappa shape index (κ3) is 9.04. The van der Waals surface area contributed by atoms with Crippen LogP contribution in [0.25, 0.3) is 0 Å².